The molecule has 0 saturated heterocycles. The van der Waals surface area contributed by atoms with Crippen LogP contribution in [0.15, 0.2) is 162 Å². The summed E-state index contributed by atoms with van der Waals surface area (Å²) in [6.45, 7) is 0. The highest BCUT2D eigenvalue weighted by molar-refractivity contribution is 6.19. The van der Waals surface area contributed by atoms with E-state index in [1.807, 2.05) is 42.6 Å². The van der Waals surface area contributed by atoms with Gasteiger partial charge in [0.25, 0.3) is 0 Å². The van der Waals surface area contributed by atoms with Gasteiger partial charge in [0.05, 0.1) is 5.39 Å². The fourth-order valence-corrected chi connectivity index (χ4v) is 6.97. The molecule has 0 bridgehead atoms. The number of para-hydroxylation sites is 1. The van der Waals surface area contributed by atoms with Gasteiger partial charge in [-0.15, -0.1) is 0 Å². The minimum Gasteiger partial charge on any atom is -0.437 e. The molecule has 0 fully saturated rings. The van der Waals surface area contributed by atoms with E-state index >= 15 is 0 Å². The zero-order valence-corrected chi connectivity index (χ0v) is 26.2. The van der Waals surface area contributed by atoms with Gasteiger partial charge in [-0.05, 0) is 44.6 Å². The fraction of sp³-hybridized carbons (Fsp3) is 0. The van der Waals surface area contributed by atoms with E-state index in [4.69, 9.17) is 19.4 Å². The summed E-state index contributed by atoms with van der Waals surface area (Å²) < 4.78 is 6.45. The molecule has 0 unspecified atom stereocenters. The normalized spacial score (nSPS) is 11.7. The molecule has 3 heterocycles. The number of hydrogen-bond acceptors (Lipinski definition) is 5. The topological polar surface area (TPSA) is 64.7 Å². The molecule has 10 rings (SSSR count). The maximum Gasteiger partial charge on any atom is 0.227 e. The first kappa shape index (κ1) is 27.4. The van der Waals surface area contributed by atoms with Crippen LogP contribution >= 0.6 is 0 Å². The molecule has 0 aliphatic carbocycles. The lowest BCUT2D eigenvalue weighted by Gasteiger charge is -2.12. The number of fused-ring (bicyclic) bond motifs is 7. The zero-order valence-electron chi connectivity index (χ0n) is 26.2. The summed E-state index contributed by atoms with van der Waals surface area (Å²) in [5.41, 5.74) is 6.41. The quantitative estimate of drug-likeness (QED) is 0.194. The lowest BCUT2D eigenvalue weighted by Crippen LogP contribution is -2.00. The Morgan fingerprint density at radius 2 is 1.04 bits per heavy atom. The second-order valence-electron chi connectivity index (χ2n) is 12.3. The molecule has 0 aliphatic heterocycles. The number of rotatable bonds is 4. The molecule has 5 nitrogen and oxygen atoms in total. The molecular weight excluding hydrogens is 601 g/mol. The third-order valence-electron chi connectivity index (χ3n) is 9.36. The summed E-state index contributed by atoms with van der Waals surface area (Å²) in [6, 6.07) is 52.3. The lowest BCUT2D eigenvalue weighted by atomic mass is 9.96. The summed E-state index contributed by atoms with van der Waals surface area (Å²) in [5, 5.41) is 8.81. The summed E-state index contributed by atoms with van der Waals surface area (Å²) in [4.78, 5) is 19.8. The van der Waals surface area contributed by atoms with Gasteiger partial charge >= 0.3 is 0 Å². The number of furan rings is 1. The van der Waals surface area contributed by atoms with Crippen LogP contribution in [-0.2, 0) is 0 Å². The smallest absolute Gasteiger partial charge is 0.227 e. The van der Waals surface area contributed by atoms with Crippen molar-refractivity contribution < 1.29 is 4.42 Å². The molecule has 0 saturated carbocycles. The van der Waals surface area contributed by atoms with Crippen LogP contribution in [0.25, 0.3) is 99.7 Å². The van der Waals surface area contributed by atoms with E-state index in [2.05, 4.69) is 120 Å². The Morgan fingerprint density at radius 1 is 0.388 bits per heavy atom. The molecule has 3 aromatic heterocycles. The second kappa shape index (κ2) is 10.9. The molecule has 0 N–H and O–H groups in total. The van der Waals surface area contributed by atoms with Crippen molar-refractivity contribution in [2.45, 2.75) is 0 Å². The molecule has 7 aromatic carbocycles. The standard InChI is InChI=1S/C44H26N4O/c1-2-11-28(12-3-1)41-46-42(32-21-20-27-10-4-5-13-29(27)24-32)48-43(47-41)37-18-8-15-30-25-31(22-23-34(30)37)36-17-9-19-38-39-35-16-7-6-14-33(35)26-45-44(39)49-40(36)38/h1-26H. The van der Waals surface area contributed by atoms with Crippen molar-refractivity contribution in [3.05, 3.63) is 158 Å². The first-order valence-corrected chi connectivity index (χ1v) is 16.3. The van der Waals surface area contributed by atoms with Crippen LogP contribution < -0.4 is 0 Å². The third kappa shape index (κ3) is 4.55. The zero-order chi connectivity index (χ0) is 32.3. The number of aromatic nitrogens is 4. The molecule has 10 aromatic rings. The molecule has 0 radical (unpaired) electrons. The number of pyridine rings is 1. The highest BCUT2D eigenvalue weighted by Gasteiger charge is 2.18. The van der Waals surface area contributed by atoms with Gasteiger partial charge in [0.1, 0.15) is 5.58 Å². The van der Waals surface area contributed by atoms with Crippen molar-refractivity contribution in [3.8, 4) is 45.3 Å². The monoisotopic (exact) mass is 626 g/mol. The van der Waals surface area contributed by atoms with Gasteiger partial charge in [-0.2, -0.15) is 0 Å². The maximum absolute atomic E-state index is 6.45. The van der Waals surface area contributed by atoms with Gasteiger partial charge in [-0.25, -0.2) is 19.9 Å². The summed E-state index contributed by atoms with van der Waals surface area (Å²) >= 11 is 0. The maximum atomic E-state index is 6.45. The van der Waals surface area contributed by atoms with Crippen LogP contribution in [0.3, 0.4) is 0 Å². The number of nitrogens with zero attached hydrogens (tertiary/aromatic N) is 4. The van der Waals surface area contributed by atoms with E-state index in [1.165, 1.54) is 5.39 Å². The largest absolute Gasteiger partial charge is 0.437 e. The van der Waals surface area contributed by atoms with Crippen LogP contribution in [0.5, 0.6) is 0 Å². The summed E-state index contributed by atoms with van der Waals surface area (Å²) in [5.74, 6) is 1.91. The van der Waals surface area contributed by atoms with Crippen molar-refractivity contribution in [2.24, 2.45) is 0 Å². The highest BCUT2D eigenvalue weighted by Crippen LogP contribution is 2.40. The Kier molecular flexibility index (Phi) is 6.11. The van der Waals surface area contributed by atoms with Gasteiger partial charge in [0, 0.05) is 39.2 Å². The fourth-order valence-electron chi connectivity index (χ4n) is 6.97. The average Bonchev–Trinajstić information content (AvgIpc) is 3.57. The van der Waals surface area contributed by atoms with Crippen molar-refractivity contribution in [2.75, 3.05) is 0 Å². The van der Waals surface area contributed by atoms with Gasteiger partial charge in [0.15, 0.2) is 17.5 Å². The molecular formula is C44H26N4O. The van der Waals surface area contributed by atoms with E-state index in [0.29, 0.717) is 23.2 Å². The minimum atomic E-state index is 0.632. The van der Waals surface area contributed by atoms with Gasteiger partial charge < -0.3 is 4.42 Å². The van der Waals surface area contributed by atoms with Crippen molar-refractivity contribution in [1.82, 2.24) is 19.9 Å². The van der Waals surface area contributed by atoms with Crippen molar-refractivity contribution >= 4 is 54.4 Å². The van der Waals surface area contributed by atoms with Crippen LogP contribution in [0.1, 0.15) is 0 Å². The third-order valence-corrected chi connectivity index (χ3v) is 9.36. The Labute approximate surface area is 281 Å². The Morgan fingerprint density at radius 3 is 1.94 bits per heavy atom. The first-order valence-electron chi connectivity index (χ1n) is 16.3. The van der Waals surface area contributed by atoms with Gasteiger partial charge in [-0.3, -0.25) is 0 Å². The van der Waals surface area contributed by atoms with Crippen molar-refractivity contribution in [1.29, 1.82) is 0 Å². The Bertz CT molecular complexity index is 2890. The van der Waals surface area contributed by atoms with Crippen molar-refractivity contribution in [3.63, 3.8) is 0 Å². The summed E-state index contributed by atoms with van der Waals surface area (Å²) in [6.07, 6.45) is 1.88. The minimum absolute atomic E-state index is 0.632. The number of hydrogen-bond donors (Lipinski definition) is 0. The summed E-state index contributed by atoms with van der Waals surface area (Å²) in [7, 11) is 0. The SMILES string of the molecule is c1ccc(-c2nc(-c3ccc4ccccc4c3)nc(-c3cccc4cc(-c5cccc6c5oc5ncc7ccccc7c56)ccc34)n2)cc1. The number of benzene rings is 7. The van der Waals surface area contributed by atoms with Crippen LogP contribution in [-0.4, -0.2) is 19.9 Å². The Hall–Kier alpha value is -6.72. The van der Waals surface area contributed by atoms with Crippen LogP contribution in [0, 0.1) is 0 Å². The molecule has 0 atom stereocenters. The molecule has 0 aliphatic rings. The van der Waals surface area contributed by atoms with Crippen LogP contribution in [0.4, 0.5) is 0 Å². The predicted octanol–water partition coefficient (Wildman–Crippen LogP) is 11.3. The second-order valence-corrected chi connectivity index (χ2v) is 12.3. The van der Waals surface area contributed by atoms with E-state index in [9.17, 15) is 0 Å². The highest BCUT2D eigenvalue weighted by atomic mass is 16.3. The molecule has 5 heteroatoms. The molecule has 228 valence electrons. The van der Waals surface area contributed by atoms with E-state index in [0.717, 1.165) is 71.1 Å². The van der Waals surface area contributed by atoms with E-state index < -0.39 is 0 Å². The molecule has 0 spiro atoms. The van der Waals surface area contributed by atoms with Gasteiger partial charge in [-0.1, -0.05) is 140 Å². The molecule has 0 amide bonds. The average molecular weight is 627 g/mol. The van der Waals surface area contributed by atoms with Gasteiger partial charge in [0.2, 0.25) is 5.71 Å². The predicted molar refractivity (Wildman–Crippen MR) is 199 cm³/mol. The first-order chi connectivity index (χ1) is 24.3. The van der Waals surface area contributed by atoms with Crippen LogP contribution in [0.2, 0.25) is 0 Å². The van der Waals surface area contributed by atoms with E-state index in [-0.39, 0.29) is 0 Å². The lowest BCUT2D eigenvalue weighted by molar-refractivity contribution is 0.655. The molecule has 49 heavy (non-hydrogen) atoms. The Balaban J connectivity index is 1.13. The van der Waals surface area contributed by atoms with E-state index in [1.54, 1.807) is 0 Å².